The molecular weight excluding hydrogens is 412 g/mol. The topological polar surface area (TPSA) is 58.6 Å². The van der Waals surface area contributed by atoms with E-state index in [1.807, 2.05) is 79.7 Å². The van der Waals surface area contributed by atoms with Gasteiger partial charge in [0.25, 0.3) is 11.8 Å². The van der Waals surface area contributed by atoms with Crippen LogP contribution in [0.4, 0.5) is 11.4 Å². The number of anilines is 2. The molecule has 5 heteroatoms. The Balaban J connectivity index is 1.71. The van der Waals surface area contributed by atoms with Crippen LogP contribution < -0.4 is 15.0 Å². The fourth-order valence-corrected chi connectivity index (χ4v) is 4.25. The Kier molecular flexibility index (Phi) is 5.15. The molecule has 1 aliphatic rings. The van der Waals surface area contributed by atoms with Crippen molar-refractivity contribution in [2.45, 2.75) is 6.92 Å². The number of imide groups is 1. The highest BCUT2D eigenvalue weighted by Crippen LogP contribution is 2.38. The second-order valence-electron chi connectivity index (χ2n) is 7.83. The van der Waals surface area contributed by atoms with Gasteiger partial charge < -0.3 is 10.1 Å². The van der Waals surface area contributed by atoms with Gasteiger partial charge in [-0.15, -0.1) is 0 Å². The highest BCUT2D eigenvalue weighted by atomic mass is 16.5. The number of carbonyl (C=O) groups is 2. The van der Waals surface area contributed by atoms with Gasteiger partial charge in [0.2, 0.25) is 0 Å². The van der Waals surface area contributed by atoms with Gasteiger partial charge in [-0.25, -0.2) is 4.90 Å². The van der Waals surface area contributed by atoms with Gasteiger partial charge in [-0.2, -0.15) is 0 Å². The van der Waals surface area contributed by atoms with Gasteiger partial charge in [0.1, 0.15) is 11.4 Å². The lowest BCUT2D eigenvalue weighted by molar-refractivity contribution is -0.120. The number of para-hydroxylation sites is 2. The number of methoxy groups -OCH3 is 1. The fourth-order valence-electron chi connectivity index (χ4n) is 4.25. The Bertz CT molecular complexity index is 1430. The van der Waals surface area contributed by atoms with Gasteiger partial charge in [0, 0.05) is 16.6 Å². The average Bonchev–Trinajstić information content (AvgIpc) is 3.08. The van der Waals surface area contributed by atoms with E-state index in [0.717, 1.165) is 22.0 Å². The first kappa shape index (κ1) is 20.5. The molecule has 1 N–H and O–H groups in total. The van der Waals surface area contributed by atoms with E-state index in [2.05, 4.69) is 5.32 Å². The Morgan fingerprint density at radius 3 is 2.27 bits per heavy atom. The third-order valence-electron chi connectivity index (χ3n) is 5.87. The zero-order valence-corrected chi connectivity index (χ0v) is 18.3. The van der Waals surface area contributed by atoms with Gasteiger partial charge in [-0.3, -0.25) is 9.59 Å². The largest absolute Gasteiger partial charge is 0.496 e. The first-order valence-electron chi connectivity index (χ1n) is 10.7. The summed E-state index contributed by atoms with van der Waals surface area (Å²) in [5.41, 5.74) is 3.23. The number of amides is 2. The van der Waals surface area contributed by atoms with Crippen LogP contribution in [0.3, 0.4) is 0 Å². The van der Waals surface area contributed by atoms with E-state index in [0.29, 0.717) is 17.0 Å². The zero-order chi connectivity index (χ0) is 22.9. The summed E-state index contributed by atoms with van der Waals surface area (Å²) in [6.07, 6.45) is 0. The molecule has 0 saturated heterocycles. The van der Waals surface area contributed by atoms with Crippen LogP contribution in [0.25, 0.3) is 16.3 Å². The summed E-state index contributed by atoms with van der Waals surface area (Å²) in [5.74, 6) is -0.262. The van der Waals surface area contributed by atoms with Crippen molar-refractivity contribution in [2.75, 3.05) is 17.3 Å². The molecule has 0 saturated carbocycles. The number of rotatable bonds is 5. The van der Waals surface area contributed by atoms with Crippen molar-refractivity contribution in [1.82, 2.24) is 0 Å². The van der Waals surface area contributed by atoms with Crippen LogP contribution in [0.1, 0.15) is 11.1 Å². The van der Waals surface area contributed by atoms with E-state index < -0.39 is 5.91 Å². The molecule has 0 spiro atoms. The summed E-state index contributed by atoms with van der Waals surface area (Å²) in [4.78, 5) is 28.7. The van der Waals surface area contributed by atoms with Gasteiger partial charge in [0.15, 0.2) is 0 Å². The van der Waals surface area contributed by atoms with Crippen LogP contribution in [-0.2, 0) is 9.59 Å². The average molecular weight is 434 g/mol. The van der Waals surface area contributed by atoms with E-state index in [1.165, 1.54) is 4.90 Å². The smallest absolute Gasteiger partial charge is 0.282 e. The van der Waals surface area contributed by atoms with Crippen LogP contribution >= 0.6 is 0 Å². The zero-order valence-electron chi connectivity index (χ0n) is 18.3. The number of ether oxygens (including phenoxy) is 1. The van der Waals surface area contributed by atoms with Crippen molar-refractivity contribution in [3.8, 4) is 5.75 Å². The summed E-state index contributed by atoms with van der Waals surface area (Å²) in [5, 5.41) is 5.29. The predicted octanol–water partition coefficient (Wildman–Crippen LogP) is 5.55. The lowest BCUT2D eigenvalue weighted by Crippen LogP contribution is -2.33. The van der Waals surface area contributed by atoms with Gasteiger partial charge >= 0.3 is 0 Å². The molecule has 4 aromatic rings. The first-order chi connectivity index (χ1) is 16.1. The monoisotopic (exact) mass is 434 g/mol. The Morgan fingerprint density at radius 1 is 0.758 bits per heavy atom. The van der Waals surface area contributed by atoms with Crippen molar-refractivity contribution in [3.05, 3.63) is 108 Å². The fraction of sp³-hybridized carbons (Fsp3) is 0.0714. The van der Waals surface area contributed by atoms with E-state index >= 15 is 0 Å². The maximum Gasteiger partial charge on any atom is 0.282 e. The Morgan fingerprint density at radius 2 is 1.45 bits per heavy atom. The number of benzene rings is 4. The number of aryl methyl sites for hydroxylation is 1. The molecule has 2 amide bonds. The van der Waals surface area contributed by atoms with Gasteiger partial charge in [-0.1, -0.05) is 72.8 Å². The molecular formula is C28H22N2O3. The highest BCUT2D eigenvalue weighted by Gasteiger charge is 2.41. The standard InChI is InChI=1S/C28H22N2O3/c1-18-10-3-7-16-23(18)30-27(31)25(21-14-6-8-17-24(21)33-2)26(28(30)32)29-22-15-9-12-19-11-4-5-13-20(19)22/h3-17,29H,1-2H3. The maximum absolute atomic E-state index is 13.8. The molecule has 0 atom stereocenters. The maximum atomic E-state index is 13.8. The molecule has 0 fully saturated rings. The SMILES string of the molecule is COc1ccccc1C1=C(Nc2cccc3ccccc23)C(=O)N(c2ccccc2C)C1=O. The quantitative estimate of drug-likeness (QED) is 0.418. The molecule has 1 heterocycles. The molecule has 0 unspecified atom stereocenters. The van der Waals surface area contributed by atoms with Gasteiger partial charge in [-0.05, 0) is 36.1 Å². The molecule has 0 aromatic heterocycles. The molecule has 33 heavy (non-hydrogen) atoms. The van der Waals surface area contributed by atoms with Crippen molar-refractivity contribution < 1.29 is 14.3 Å². The minimum atomic E-state index is -0.400. The van der Waals surface area contributed by atoms with E-state index in [9.17, 15) is 9.59 Å². The van der Waals surface area contributed by atoms with Crippen molar-refractivity contribution >= 4 is 39.5 Å². The van der Waals surface area contributed by atoms with E-state index in [4.69, 9.17) is 4.74 Å². The Labute approximate surface area is 191 Å². The van der Waals surface area contributed by atoms with Gasteiger partial charge in [0.05, 0.1) is 18.4 Å². The minimum Gasteiger partial charge on any atom is -0.496 e. The van der Waals surface area contributed by atoms with Crippen LogP contribution in [0, 0.1) is 6.92 Å². The molecule has 5 nitrogen and oxygen atoms in total. The van der Waals surface area contributed by atoms with Crippen LogP contribution in [0.15, 0.2) is 96.7 Å². The van der Waals surface area contributed by atoms with Crippen molar-refractivity contribution in [2.24, 2.45) is 0 Å². The van der Waals surface area contributed by atoms with Crippen molar-refractivity contribution in [1.29, 1.82) is 0 Å². The second kappa shape index (κ2) is 8.28. The van der Waals surface area contributed by atoms with Crippen LogP contribution in [-0.4, -0.2) is 18.9 Å². The van der Waals surface area contributed by atoms with Crippen LogP contribution in [0.5, 0.6) is 5.75 Å². The molecule has 4 aromatic carbocycles. The number of hydrogen-bond donors (Lipinski definition) is 1. The Hall–Kier alpha value is -4.38. The predicted molar refractivity (Wildman–Crippen MR) is 131 cm³/mol. The molecule has 0 radical (unpaired) electrons. The van der Waals surface area contributed by atoms with E-state index in [1.54, 1.807) is 25.3 Å². The summed E-state index contributed by atoms with van der Waals surface area (Å²) in [6, 6.07) is 28.4. The number of carbonyl (C=O) groups excluding carboxylic acids is 2. The molecule has 162 valence electrons. The summed E-state index contributed by atoms with van der Waals surface area (Å²) in [6.45, 7) is 1.88. The van der Waals surface area contributed by atoms with Crippen LogP contribution in [0.2, 0.25) is 0 Å². The third kappa shape index (κ3) is 3.44. The number of nitrogens with zero attached hydrogens (tertiary/aromatic N) is 1. The van der Waals surface area contributed by atoms with E-state index in [-0.39, 0.29) is 17.2 Å². The normalized spacial score (nSPS) is 13.7. The highest BCUT2D eigenvalue weighted by molar-refractivity contribution is 6.46. The molecule has 1 aliphatic heterocycles. The molecule has 0 aliphatic carbocycles. The lowest BCUT2D eigenvalue weighted by Gasteiger charge is -2.18. The summed E-state index contributed by atoms with van der Waals surface area (Å²) >= 11 is 0. The third-order valence-corrected chi connectivity index (χ3v) is 5.87. The molecule has 5 rings (SSSR count). The second-order valence-corrected chi connectivity index (χ2v) is 7.83. The van der Waals surface area contributed by atoms with Crippen molar-refractivity contribution in [3.63, 3.8) is 0 Å². The minimum absolute atomic E-state index is 0.226. The number of hydrogen-bond acceptors (Lipinski definition) is 4. The summed E-state index contributed by atoms with van der Waals surface area (Å²) in [7, 11) is 1.55. The summed E-state index contributed by atoms with van der Waals surface area (Å²) < 4.78 is 5.53. The lowest BCUT2D eigenvalue weighted by atomic mass is 10.0. The molecule has 0 bridgehead atoms. The number of fused-ring (bicyclic) bond motifs is 1. The first-order valence-corrected chi connectivity index (χ1v) is 10.7. The number of nitrogens with one attached hydrogen (secondary N) is 1.